The van der Waals surface area contributed by atoms with E-state index in [1.54, 1.807) is 28.3 Å². The van der Waals surface area contributed by atoms with E-state index >= 15 is 0 Å². The average molecular weight is 373 g/mol. The van der Waals surface area contributed by atoms with E-state index in [0.29, 0.717) is 25.3 Å². The van der Waals surface area contributed by atoms with Gasteiger partial charge in [-0.05, 0) is 13.3 Å². The number of nitrogens with zero attached hydrogens (tertiary/aromatic N) is 6. The summed E-state index contributed by atoms with van der Waals surface area (Å²) in [5.41, 5.74) is 1.10. The molecule has 0 spiro atoms. The monoisotopic (exact) mass is 373 g/mol. The highest BCUT2D eigenvalue weighted by atomic mass is 32.1. The Labute approximate surface area is 157 Å². The number of carbonyl (C=O) groups excluding carboxylic acids is 1. The van der Waals surface area contributed by atoms with Gasteiger partial charge in [0.25, 0.3) is 0 Å². The van der Waals surface area contributed by atoms with Gasteiger partial charge in [0, 0.05) is 50.4 Å². The number of nitriles is 1. The van der Waals surface area contributed by atoms with Crippen molar-refractivity contribution in [2.75, 3.05) is 31.5 Å². The van der Waals surface area contributed by atoms with Crippen LogP contribution in [0.2, 0.25) is 0 Å². The largest absolute Gasteiger partial charge is 0.323 e. The van der Waals surface area contributed by atoms with Crippen LogP contribution in [0.15, 0.2) is 17.6 Å². The van der Waals surface area contributed by atoms with Gasteiger partial charge in [-0.25, -0.2) is 9.78 Å². The van der Waals surface area contributed by atoms with Crippen molar-refractivity contribution < 1.29 is 4.79 Å². The summed E-state index contributed by atoms with van der Waals surface area (Å²) in [4.78, 5) is 21.2. The fraction of sp³-hybridized carbons (Fsp3) is 0.529. The van der Waals surface area contributed by atoms with Gasteiger partial charge in [0.2, 0.25) is 0 Å². The molecular formula is C17H23N7OS. The van der Waals surface area contributed by atoms with Crippen molar-refractivity contribution in [3.63, 3.8) is 0 Å². The number of rotatable bonds is 5. The summed E-state index contributed by atoms with van der Waals surface area (Å²) in [6.45, 7) is 6.59. The number of aromatic nitrogens is 3. The molecule has 0 bridgehead atoms. The molecule has 9 heteroatoms. The number of aryl methyl sites for hydroxylation is 2. The Morgan fingerprint density at radius 2 is 2.27 bits per heavy atom. The topological polar surface area (TPSA) is 90.1 Å². The number of hydrogen-bond donors (Lipinski definition) is 1. The summed E-state index contributed by atoms with van der Waals surface area (Å²) in [5, 5.41) is 18.9. The van der Waals surface area contributed by atoms with Crippen LogP contribution >= 0.6 is 11.3 Å². The number of thiazole rings is 1. The van der Waals surface area contributed by atoms with Gasteiger partial charge in [-0.15, -0.1) is 11.3 Å². The summed E-state index contributed by atoms with van der Waals surface area (Å²) in [7, 11) is 0. The number of nitrogens with one attached hydrogen (secondary N) is 1. The summed E-state index contributed by atoms with van der Waals surface area (Å²) in [5.74, 6) is 0.520. The average Bonchev–Trinajstić information content (AvgIpc) is 3.16. The van der Waals surface area contributed by atoms with Gasteiger partial charge < -0.3 is 4.90 Å². The summed E-state index contributed by atoms with van der Waals surface area (Å²) < 4.78 is 1.67. The van der Waals surface area contributed by atoms with Crippen LogP contribution < -0.4 is 5.32 Å². The standard InChI is InChI=1S/C17H23N7OS/c1-14-19-15(13-26-14)12-22-6-3-7-23(11-10-22)17(25)20-16-4-9-24(21-16)8-2-5-18/h4,9,13H,2-3,6-8,10-12H2,1H3,(H,20,21,25). The van der Waals surface area contributed by atoms with Crippen LogP contribution in [0, 0.1) is 18.3 Å². The summed E-state index contributed by atoms with van der Waals surface area (Å²) in [6, 6.07) is 3.71. The first kappa shape index (κ1) is 18.4. The van der Waals surface area contributed by atoms with E-state index in [4.69, 9.17) is 5.26 Å². The zero-order valence-electron chi connectivity index (χ0n) is 14.9. The molecule has 3 heterocycles. The first-order valence-corrected chi connectivity index (χ1v) is 9.61. The first-order valence-electron chi connectivity index (χ1n) is 8.74. The second-order valence-electron chi connectivity index (χ2n) is 6.28. The normalized spacial score (nSPS) is 15.5. The van der Waals surface area contributed by atoms with Crippen LogP contribution in [0.1, 0.15) is 23.5 Å². The number of urea groups is 1. The van der Waals surface area contributed by atoms with Gasteiger partial charge in [-0.2, -0.15) is 10.4 Å². The fourth-order valence-electron chi connectivity index (χ4n) is 2.95. The van der Waals surface area contributed by atoms with Crippen LogP contribution in [-0.2, 0) is 13.1 Å². The predicted octanol–water partition coefficient (Wildman–Crippen LogP) is 2.30. The van der Waals surface area contributed by atoms with Crippen LogP contribution in [-0.4, -0.2) is 56.8 Å². The summed E-state index contributed by atoms with van der Waals surface area (Å²) in [6.07, 6.45) is 3.11. The minimum Gasteiger partial charge on any atom is -0.323 e. The molecule has 0 radical (unpaired) electrons. The molecule has 0 unspecified atom stereocenters. The molecule has 8 nitrogen and oxygen atoms in total. The Morgan fingerprint density at radius 1 is 1.38 bits per heavy atom. The molecule has 2 amide bonds. The second kappa shape index (κ2) is 8.78. The lowest BCUT2D eigenvalue weighted by molar-refractivity contribution is 0.210. The molecule has 1 N–H and O–H groups in total. The quantitative estimate of drug-likeness (QED) is 0.868. The van der Waals surface area contributed by atoms with Crippen molar-refractivity contribution in [1.82, 2.24) is 24.6 Å². The lowest BCUT2D eigenvalue weighted by Gasteiger charge is -2.21. The maximum absolute atomic E-state index is 12.5. The molecule has 2 aromatic rings. The molecule has 0 aromatic carbocycles. The maximum Gasteiger partial charge on any atom is 0.323 e. The van der Waals surface area contributed by atoms with E-state index in [-0.39, 0.29) is 6.03 Å². The molecule has 0 saturated carbocycles. The molecule has 1 aliphatic heterocycles. The zero-order chi connectivity index (χ0) is 18.4. The second-order valence-corrected chi connectivity index (χ2v) is 7.34. The van der Waals surface area contributed by atoms with Gasteiger partial charge in [0.1, 0.15) is 0 Å². The van der Waals surface area contributed by atoms with E-state index in [0.717, 1.165) is 43.3 Å². The van der Waals surface area contributed by atoms with E-state index in [2.05, 4.69) is 31.7 Å². The summed E-state index contributed by atoms with van der Waals surface area (Å²) >= 11 is 1.67. The molecule has 1 fully saturated rings. The minimum atomic E-state index is -0.123. The van der Waals surface area contributed by atoms with Gasteiger partial charge in [0.15, 0.2) is 5.82 Å². The van der Waals surface area contributed by atoms with Gasteiger partial charge in [-0.3, -0.25) is 14.9 Å². The zero-order valence-corrected chi connectivity index (χ0v) is 15.7. The first-order chi connectivity index (χ1) is 12.6. The maximum atomic E-state index is 12.5. The highest BCUT2D eigenvalue weighted by Gasteiger charge is 2.20. The number of hydrogen-bond acceptors (Lipinski definition) is 6. The highest BCUT2D eigenvalue weighted by molar-refractivity contribution is 7.09. The smallest absolute Gasteiger partial charge is 0.323 e. The fourth-order valence-corrected chi connectivity index (χ4v) is 3.55. The predicted molar refractivity (Wildman–Crippen MR) is 99.8 cm³/mol. The third kappa shape index (κ3) is 5.03. The molecule has 0 atom stereocenters. The molecule has 1 saturated heterocycles. The van der Waals surface area contributed by atoms with Crippen molar-refractivity contribution in [2.24, 2.45) is 0 Å². The van der Waals surface area contributed by atoms with Crippen molar-refractivity contribution in [3.05, 3.63) is 28.3 Å². The lowest BCUT2D eigenvalue weighted by Crippen LogP contribution is -2.38. The molecule has 2 aromatic heterocycles. The van der Waals surface area contributed by atoms with E-state index in [1.165, 1.54) is 0 Å². The third-order valence-electron chi connectivity index (χ3n) is 4.26. The minimum absolute atomic E-state index is 0.123. The van der Waals surface area contributed by atoms with Crippen LogP contribution in [0.25, 0.3) is 0 Å². The van der Waals surface area contributed by atoms with E-state index < -0.39 is 0 Å². The van der Waals surface area contributed by atoms with Gasteiger partial charge in [-0.1, -0.05) is 0 Å². The van der Waals surface area contributed by atoms with Gasteiger partial charge >= 0.3 is 6.03 Å². The van der Waals surface area contributed by atoms with Crippen LogP contribution in [0.5, 0.6) is 0 Å². The van der Waals surface area contributed by atoms with Crippen molar-refractivity contribution in [3.8, 4) is 6.07 Å². The molecular weight excluding hydrogens is 350 g/mol. The Kier molecular flexibility index (Phi) is 6.20. The Balaban J connectivity index is 1.49. The van der Waals surface area contributed by atoms with Crippen molar-refractivity contribution >= 4 is 23.2 Å². The number of anilines is 1. The molecule has 3 rings (SSSR count). The Bertz CT molecular complexity index is 778. The molecule has 0 aliphatic carbocycles. The lowest BCUT2D eigenvalue weighted by atomic mass is 10.3. The highest BCUT2D eigenvalue weighted by Crippen LogP contribution is 2.13. The Morgan fingerprint density at radius 3 is 3.04 bits per heavy atom. The van der Waals surface area contributed by atoms with Crippen LogP contribution in [0.3, 0.4) is 0 Å². The Hall–Kier alpha value is -2.44. The SMILES string of the molecule is Cc1nc(CN2CCCN(C(=O)Nc3ccn(CCC#N)n3)CC2)cs1. The van der Waals surface area contributed by atoms with Gasteiger partial charge in [0.05, 0.1) is 29.7 Å². The number of amides is 2. The van der Waals surface area contributed by atoms with Crippen LogP contribution in [0.4, 0.5) is 10.6 Å². The van der Waals surface area contributed by atoms with Crippen molar-refractivity contribution in [1.29, 1.82) is 5.26 Å². The van der Waals surface area contributed by atoms with Crippen molar-refractivity contribution in [2.45, 2.75) is 32.9 Å². The molecule has 1 aliphatic rings. The van der Waals surface area contributed by atoms with E-state index in [9.17, 15) is 4.79 Å². The molecule has 26 heavy (non-hydrogen) atoms. The molecule has 138 valence electrons. The van der Waals surface area contributed by atoms with E-state index in [1.807, 2.05) is 11.8 Å². The number of carbonyl (C=O) groups is 1. The third-order valence-corrected chi connectivity index (χ3v) is 5.08.